The Balaban J connectivity index is 2.51. The van der Waals surface area contributed by atoms with Crippen LogP contribution in [0.15, 0.2) is 42.5 Å². The van der Waals surface area contributed by atoms with Crippen molar-refractivity contribution in [1.82, 2.24) is 0 Å². The first-order valence-corrected chi connectivity index (χ1v) is 5.94. The zero-order valence-corrected chi connectivity index (χ0v) is 11.0. The smallest absolute Gasteiger partial charge is 0.277 e. The van der Waals surface area contributed by atoms with Gasteiger partial charge in [-0.1, -0.05) is 29.8 Å². The number of carbonyl (C=O) groups excluding carboxylic acids is 1. The second kappa shape index (κ2) is 5.49. The Morgan fingerprint density at radius 3 is 1.76 bits per heavy atom. The van der Waals surface area contributed by atoms with Gasteiger partial charge < -0.3 is 0 Å². The lowest BCUT2D eigenvalue weighted by atomic mass is 10.0. The number of benzene rings is 2. The molecule has 0 N–H and O–H groups in total. The Morgan fingerprint density at radius 2 is 1.33 bits per heavy atom. The third-order valence-electron chi connectivity index (χ3n) is 2.90. The molecule has 0 heterocycles. The average Bonchev–Trinajstić information content (AvgIpc) is 2.46. The van der Waals surface area contributed by atoms with Crippen molar-refractivity contribution in [3.8, 4) is 0 Å². The van der Waals surface area contributed by atoms with Gasteiger partial charge in [-0.05, 0) is 6.92 Å². The standard InChI is InChI=1S/C14H10N2O5/c1-9-2-4-10(5-3-9)14(17)11-6-12(15(18)19)8-13(7-11)16(20)21/h2-8H,1H3. The maximum atomic E-state index is 12.3. The molecule has 0 saturated heterocycles. The number of hydrogen-bond acceptors (Lipinski definition) is 5. The third kappa shape index (κ3) is 3.08. The summed E-state index contributed by atoms with van der Waals surface area (Å²) in [5, 5.41) is 21.6. The van der Waals surface area contributed by atoms with Crippen LogP contribution in [0.4, 0.5) is 11.4 Å². The summed E-state index contributed by atoms with van der Waals surface area (Å²) in [6.45, 7) is 1.85. The quantitative estimate of drug-likeness (QED) is 0.488. The van der Waals surface area contributed by atoms with E-state index in [1.165, 1.54) is 0 Å². The molecule has 0 saturated carbocycles. The monoisotopic (exact) mass is 286 g/mol. The maximum Gasteiger partial charge on any atom is 0.277 e. The number of non-ortho nitro benzene ring substituents is 2. The Kier molecular flexibility index (Phi) is 3.75. The minimum absolute atomic E-state index is 0.0836. The highest BCUT2D eigenvalue weighted by molar-refractivity contribution is 6.09. The molecule has 0 bridgehead atoms. The van der Waals surface area contributed by atoms with Crippen molar-refractivity contribution in [1.29, 1.82) is 0 Å². The number of nitro groups is 2. The van der Waals surface area contributed by atoms with Crippen LogP contribution < -0.4 is 0 Å². The first-order valence-electron chi connectivity index (χ1n) is 5.94. The largest absolute Gasteiger partial charge is 0.289 e. The fourth-order valence-electron chi connectivity index (χ4n) is 1.81. The molecule has 0 radical (unpaired) electrons. The number of hydrogen-bond donors (Lipinski definition) is 0. The van der Waals surface area contributed by atoms with Gasteiger partial charge in [0.2, 0.25) is 0 Å². The summed E-state index contributed by atoms with van der Waals surface area (Å²) < 4.78 is 0. The topological polar surface area (TPSA) is 103 Å². The van der Waals surface area contributed by atoms with Gasteiger partial charge in [-0.15, -0.1) is 0 Å². The maximum absolute atomic E-state index is 12.3. The first kappa shape index (κ1) is 14.3. The number of rotatable bonds is 4. The minimum Gasteiger partial charge on any atom is -0.289 e. The summed E-state index contributed by atoms with van der Waals surface area (Å²) in [6, 6.07) is 9.49. The highest BCUT2D eigenvalue weighted by Crippen LogP contribution is 2.24. The fraction of sp³-hybridized carbons (Fsp3) is 0.0714. The summed E-state index contributed by atoms with van der Waals surface area (Å²) in [7, 11) is 0. The van der Waals surface area contributed by atoms with Crippen LogP contribution in [-0.2, 0) is 0 Å². The van der Waals surface area contributed by atoms with Crippen molar-refractivity contribution < 1.29 is 14.6 Å². The van der Waals surface area contributed by atoms with Crippen molar-refractivity contribution in [2.45, 2.75) is 6.92 Å². The van der Waals surface area contributed by atoms with Crippen LogP contribution in [0.2, 0.25) is 0 Å². The Hall–Kier alpha value is -3.09. The summed E-state index contributed by atoms with van der Waals surface area (Å²) in [5.74, 6) is -0.498. The zero-order chi connectivity index (χ0) is 15.6. The van der Waals surface area contributed by atoms with Crippen molar-refractivity contribution >= 4 is 17.2 Å². The molecule has 0 aliphatic heterocycles. The van der Waals surface area contributed by atoms with Crippen LogP contribution in [0, 0.1) is 27.2 Å². The van der Waals surface area contributed by atoms with E-state index in [0.29, 0.717) is 5.56 Å². The van der Waals surface area contributed by atoms with E-state index < -0.39 is 27.0 Å². The van der Waals surface area contributed by atoms with E-state index in [1.54, 1.807) is 24.3 Å². The predicted octanol–water partition coefficient (Wildman–Crippen LogP) is 3.04. The first-order chi connectivity index (χ1) is 9.88. The highest BCUT2D eigenvalue weighted by Gasteiger charge is 2.20. The molecule has 2 rings (SSSR count). The van der Waals surface area contributed by atoms with Crippen LogP contribution in [0.5, 0.6) is 0 Å². The predicted molar refractivity (Wildman–Crippen MR) is 74.4 cm³/mol. The third-order valence-corrected chi connectivity index (χ3v) is 2.90. The van der Waals surface area contributed by atoms with Crippen molar-refractivity contribution in [2.75, 3.05) is 0 Å². The van der Waals surface area contributed by atoms with Crippen LogP contribution >= 0.6 is 0 Å². The summed E-state index contributed by atoms with van der Waals surface area (Å²) in [6.07, 6.45) is 0. The highest BCUT2D eigenvalue weighted by atomic mass is 16.6. The molecule has 0 unspecified atom stereocenters. The molecular formula is C14H10N2O5. The second-order valence-electron chi connectivity index (χ2n) is 4.45. The van der Waals surface area contributed by atoms with E-state index in [2.05, 4.69) is 0 Å². The van der Waals surface area contributed by atoms with Gasteiger partial charge in [-0.3, -0.25) is 25.0 Å². The molecule has 0 amide bonds. The van der Waals surface area contributed by atoms with E-state index in [4.69, 9.17) is 0 Å². The Bertz CT molecular complexity index is 705. The zero-order valence-electron chi connectivity index (χ0n) is 11.0. The van der Waals surface area contributed by atoms with Gasteiger partial charge in [0.05, 0.1) is 15.9 Å². The molecule has 0 atom stereocenters. The number of nitrogens with zero attached hydrogens (tertiary/aromatic N) is 2. The van der Waals surface area contributed by atoms with E-state index in [0.717, 1.165) is 23.8 Å². The molecule has 7 heteroatoms. The van der Waals surface area contributed by atoms with Gasteiger partial charge in [0.1, 0.15) is 0 Å². The van der Waals surface area contributed by atoms with E-state index in [9.17, 15) is 25.0 Å². The molecule has 106 valence electrons. The molecule has 0 aromatic heterocycles. The van der Waals surface area contributed by atoms with Crippen LogP contribution in [0.1, 0.15) is 21.5 Å². The van der Waals surface area contributed by atoms with Crippen molar-refractivity contribution in [3.63, 3.8) is 0 Å². The molecule has 2 aromatic carbocycles. The molecular weight excluding hydrogens is 276 g/mol. The van der Waals surface area contributed by atoms with Gasteiger partial charge in [-0.2, -0.15) is 0 Å². The van der Waals surface area contributed by atoms with Gasteiger partial charge in [0.15, 0.2) is 5.78 Å². The van der Waals surface area contributed by atoms with Gasteiger partial charge in [0.25, 0.3) is 11.4 Å². The fourth-order valence-corrected chi connectivity index (χ4v) is 1.81. The Morgan fingerprint density at radius 1 is 0.857 bits per heavy atom. The van der Waals surface area contributed by atoms with Crippen LogP contribution in [-0.4, -0.2) is 15.6 Å². The lowest BCUT2D eigenvalue weighted by Gasteiger charge is -2.02. The number of ketones is 1. The molecule has 21 heavy (non-hydrogen) atoms. The summed E-state index contributed by atoms with van der Waals surface area (Å²) >= 11 is 0. The van der Waals surface area contributed by atoms with Crippen LogP contribution in [0.3, 0.4) is 0 Å². The lowest BCUT2D eigenvalue weighted by Crippen LogP contribution is -2.04. The SMILES string of the molecule is Cc1ccc(C(=O)c2cc([N+](=O)[O-])cc([N+](=O)[O-])c2)cc1. The molecule has 2 aromatic rings. The van der Waals surface area contributed by atoms with Gasteiger partial charge in [0, 0.05) is 23.3 Å². The minimum atomic E-state index is -0.765. The van der Waals surface area contributed by atoms with Gasteiger partial charge >= 0.3 is 0 Å². The molecule has 0 fully saturated rings. The average molecular weight is 286 g/mol. The summed E-state index contributed by atoms with van der Waals surface area (Å²) in [4.78, 5) is 32.3. The second-order valence-corrected chi connectivity index (χ2v) is 4.45. The van der Waals surface area contributed by atoms with E-state index in [-0.39, 0.29) is 5.56 Å². The molecule has 0 aliphatic rings. The molecule has 0 spiro atoms. The van der Waals surface area contributed by atoms with E-state index in [1.807, 2.05) is 6.92 Å². The van der Waals surface area contributed by atoms with Crippen molar-refractivity contribution in [2.24, 2.45) is 0 Å². The van der Waals surface area contributed by atoms with Gasteiger partial charge in [-0.25, -0.2) is 0 Å². The number of carbonyl (C=O) groups is 1. The summed E-state index contributed by atoms with van der Waals surface area (Å²) in [5.41, 5.74) is 0.214. The number of aryl methyl sites for hydroxylation is 1. The lowest BCUT2D eigenvalue weighted by molar-refractivity contribution is -0.394. The van der Waals surface area contributed by atoms with Crippen molar-refractivity contribution in [3.05, 3.63) is 79.4 Å². The Labute approximate surface area is 119 Å². The van der Waals surface area contributed by atoms with Crippen LogP contribution in [0.25, 0.3) is 0 Å². The molecule has 0 aliphatic carbocycles. The normalized spacial score (nSPS) is 10.1. The molecule has 7 nitrogen and oxygen atoms in total. The number of nitro benzene ring substituents is 2. The van der Waals surface area contributed by atoms with E-state index >= 15 is 0 Å².